The molecule has 2 aliphatic rings. The van der Waals surface area contributed by atoms with Crippen LogP contribution in [-0.2, 0) is 0 Å². The molecule has 2 aliphatic heterocycles. The molecule has 0 amide bonds. The molecule has 0 aliphatic carbocycles. The van der Waals surface area contributed by atoms with Gasteiger partial charge in [0, 0.05) is 22.3 Å². The van der Waals surface area contributed by atoms with Gasteiger partial charge in [0.25, 0.3) is 0 Å². The van der Waals surface area contributed by atoms with Crippen molar-refractivity contribution in [1.29, 1.82) is 0 Å². The first-order valence-corrected chi connectivity index (χ1v) is 16.7. The van der Waals surface area contributed by atoms with E-state index in [1.54, 1.807) is 0 Å². The molecule has 8 aromatic rings. The molecule has 4 aromatic heterocycles. The van der Waals surface area contributed by atoms with E-state index >= 15 is 4.79 Å². The normalized spacial score (nSPS) is 12.3. The Labute approximate surface area is 287 Å². The second kappa shape index (κ2) is 11.1. The molecule has 0 atom stereocenters. The summed E-state index contributed by atoms with van der Waals surface area (Å²) < 4.78 is 3.75. The smallest absolute Gasteiger partial charge is 0.261 e. The fourth-order valence-corrected chi connectivity index (χ4v) is 7.57. The minimum absolute atomic E-state index is 0.177. The van der Waals surface area contributed by atoms with Gasteiger partial charge in [-0.2, -0.15) is 0 Å². The third-order valence-electron chi connectivity index (χ3n) is 9.72. The lowest BCUT2D eigenvalue weighted by Crippen LogP contribution is -2.20. The summed E-state index contributed by atoms with van der Waals surface area (Å²) in [5, 5.41) is 0. The van der Waals surface area contributed by atoms with Gasteiger partial charge in [0.05, 0.1) is 44.8 Å². The van der Waals surface area contributed by atoms with Crippen LogP contribution in [0.25, 0.3) is 90.9 Å². The zero-order valence-corrected chi connectivity index (χ0v) is 26.9. The van der Waals surface area contributed by atoms with Gasteiger partial charge in [-0.1, -0.05) is 121 Å². The van der Waals surface area contributed by atoms with Gasteiger partial charge >= 0.3 is 5.69 Å². The molecule has 0 saturated heterocycles. The van der Waals surface area contributed by atoms with Gasteiger partial charge in [0.15, 0.2) is 0 Å². The first kappa shape index (κ1) is 28.2. The number of benzene rings is 4. The van der Waals surface area contributed by atoms with Crippen LogP contribution in [0.2, 0.25) is 0 Å². The third-order valence-corrected chi connectivity index (χ3v) is 9.72. The summed E-state index contributed by atoms with van der Waals surface area (Å²) >= 11 is 0. The number of hydrogen-bond acceptors (Lipinski definition) is 3. The van der Waals surface area contributed by atoms with Crippen molar-refractivity contribution in [3.63, 3.8) is 0 Å². The molecule has 6 heterocycles. The molecular formula is C45H28N4O. The van der Waals surface area contributed by atoms with Gasteiger partial charge in [0.2, 0.25) is 0 Å². The van der Waals surface area contributed by atoms with Crippen LogP contribution in [0.3, 0.4) is 0 Å². The van der Waals surface area contributed by atoms with Crippen LogP contribution in [0.5, 0.6) is 0 Å². The van der Waals surface area contributed by atoms with Crippen LogP contribution in [0.4, 0.5) is 0 Å². The van der Waals surface area contributed by atoms with Gasteiger partial charge < -0.3 is 0 Å². The minimum Gasteiger partial charge on any atom is -0.261 e. The maximum absolute atomic E-state index is 15.9. The fourth-order valence-electron chi connectivity index (χ4n) is 7.57. The van der Waals surface area contributed by atoms with Crippen molar-refractivity contribution >= 4 is 46.4 Å². The molecule has 6 bridgehead atoms. The molecule has 0 radical (unpaired) electrons. The lowest BCUT2D eigenvalue weighted by molar-refractivity contribution is 1.01. The van der Waals surface area contributed by atoms with E-state index in [2.05, 4.69) is 97.1 Å². The predicted molar refractivity (Wildman–Crippen MR) is 205 cm³/mol. The largest absolute Gasteiger partial charge is 0.338 e. The average molecular weight is 641 g/mol. The first-order chi connectivity index (χ1) is 24.7. The summed E-state index contributed by atoms with van der Waals surface area (Å²) in [7, 11) is 0. The zero-order valence-electron chi connectivity index (χ0n) is 26.9. The average Bonchev–Trinajstić information content (AvgIpc) is 3.99. The van der Waals surface area contributed by atoms with Crippen LogP contribution in [-0.4, -0.2) is 18.8 Å². The van der Waals surface area contributed by atoms with E-state index in [4.69, 9.17) is 9.97 Å². The van der Waals surface area contributed by atoms with E-state index < -0.39 is 0 Å². The van der Waals surface area contributed by atoms with Crippen LogP contribution >= 0.6 is 0 Å². The van der Waals surface area contributed by atoms with E-state index in [-0.39, 0.29) is 5.69 Å². The molecule has 5 heteroatoms. The van der Waals surface area contributed by atoms with E-state index in [1.807, 2.05) is 81.6 Å². The van der Waals surface area contributed by atoms with Gasteiger partial charge in [-0.3, -0.25) is 8.80 Å². The van der Waals surface area contributed by atoms with Crippen molar-refractivity contribution < 1.29 is 0 Å². The molecule has 50 heavy (non-hydrogen) atoms. The number of rotatable bonds is 4. The van der Waals surface area contributed by atoms with Crippen LogP contribution in [0.15, 0.2) is 150 Å². The Bertz CT molecular complexity index is 2480. The highest BCUT2D eigenvalue weighted by Crippen LogP contribution is 2.39. The maximum atomic E-state index is 15.9. The van der Waals surface area contributed by atoms with Gasteiger partial charge in [-0.15, -0.1) is 0 Å². The summed E-state index contributed by atoms with van der Waals surface area (Å²) in [4.78, 5) is 26.6. The fraction of sp³-hybridized carbons (Fsp3) is 0. The van der Waals surface area contributed by atoms with Crippen LogP contribution in [0.1, 0.15) is 22.8 Å². The number of fused-ring (bicyclic) bond motifs is 4. The maximum Gasteiger partial charge on any atom is 0.338 e. The SMILES string of the molecule is O=c1n2c3ccc2c(-c2ccccc2)c2nc(c(-c4ccccc4)c4ccc(c(-c5ccccc5)c5nc(c3-c3ccccc3)C=C5)n14)C=C2. The summed E-state index contributed by atoms with van der Waals surface area (Å²) in [6.07, 6.45) is 8.31. The molecule has 0 N–H and O–H groups in total. The van der Waals surface area contributed by atoms with Crippen molar-refractivity contribution in [2.24, 2.45) is 0 Å². The Morgan fingerprint density at radius 3 is 0.800 bits per heavy atom. The zero-order chi connectivity index (χ0) is 33.2. The van der Waals surface area contributed by atoms with E-state index in [1.165, 1.54) is 0 Å². The number of hydrogen-bond donors (Lipinski definition) is 0. The van der Waals surface area contributed by atoms with Crippen molar-refractivity contribution in [1.82, 2.24) is 18.8 Å². The second-order valence-electron chi connectivity index (χ2n) is 12.6. The standard InChI is InChI=1S/C45H28N4O/c50-45-48-37-25-26-38(48)43(31-17-9-3-10-18-31)35-23-24-36(47-35)44(32-19-11-4-12-20-32)40-28-27-39(49(40)45)42(30-15-7-2-8-16-30)34-22-21-33(46-34)41(37)29-13-5-1-6-14-29/h1-28H. The van der Waals surface area contributed by atoms with E-state index in [9.17, 15) is 0 Å². The van der Waals surface area contributed by atoms with Gasteiger partial charge in [-0.25, -0.2) is 14.8 Å². The lowest BCUT2D eigenvalue weighted by Gasteiger charge is -2.11. The lowest BCUT2D eigenvalue weighted by atomic mass is 10.0. The van der Waals surface area contributed by atoms with Crippen molar-refractivity contribution in [2.45, 2.75) is 0 Å². The quantitative estimate of drug-likeness (QED) is 0.192. The predicted octanol–water partition coefficient (Wildman–Crippen LogP) is 10.3. The summed E-state index contributed by atoms with van der Waals surface area (Å²) in [5.41, 5.74) is 13.5. The van der Waals surface area contributed by atoms with Crippen LogP contribution < -0.4 is 5.69 Å². The highest BCUT2D eigenvalue weighted by atomic mass is 16.1. The molecule has 4 aromatic carbocycles. The Balaban J connectivity index is 1.57. The molecule has 234 valence electrons. The van der Waals surface area contributed by atoms with Crippen molar-refractivity contribution in [3.05, 3.63) is 179 Å². The second-order valence-corrected chi connectivity index (χ2v) is 12.6. The van der Waals surface area contributed by atoms with Gasteiger partial charge in [-0.05, 0) is 70.8 Å². The summed E-state index contributed by atoms with van der Waals surface area (Å²) in [6, 6.07) is 49.2. The molecule has 0 saturated carbocycles. The first-order valence-electron chi connectivity index (χ1n) is 16.7. The Morgan fingerprint density at radius 2 is 0.560 bits per heavy atom. The molecule has 0 spiro atoms. The van der Waals surface area contributed by atoms with Crippen LogP contribution in [0, 0.1) is 0 Å². The molecular weight excluding hydrogens is 613 g/mol. The Hall–Kier alpha value is -6.85. The molecule has 10 rings (SSSR count). The molecule has 5 nitrogen and oxygen atoms in total. The van der Waals surface area contributed by atoms with Gasteiger partial charge in [0.1, 0.15) is 0 Å². The monoisotopic (exact) mass is 640 g/mol. The third kappa shape index (κ3) is 4.24. The highest BCUT2D eigenvalue weighted by molar-refractivity contribution is 6.01. The number of aromatic nitrogens is 4. The molecule has 0 fully saturated rings. The Morgan fingerprint density at radius 1 is 0.320 bits per heavy atom. The summed E-state index contributed by atoms with van der Waals surface area (Å²) in [5.74, 6) is 0. The topological polar surface area (TPSA) is 51.7 Å². The number of nitrogens with zero attached hydrogens (tertiary/aromatic N) is 4. The minimum atomic E-state index is -0.177. The van der Waals surface area contributed by atoms with Crippen molar-refractivity contribution in [3.8, 4) is 44.5 Å². The summed E-state index contributed by atoms with van der Waals surface area (Å²) in [6.45, 7) is 0. The Kier molecular flexibility index (Phi) is 6.26. The highest BCUT2D eigenvalue weighted by Gasteiger charge is 2.23. The molecule has 0 unspecified atom stereocenters. The van der Waals surface area contributed by atoms with E-state index in [0.29, 0.717) is 0 Å². The van der Waals surface area contributed by atoms with E-state index in [0.717, 1.165) is 89.4 Å². The van der Waals surface area contributed by atoms with Crippen molar-refractivity contribution in [2.75, 3.05) is 0 Å².